The maximum Gasteiger partial charge on any atom is 0.307 e. The van der Waals surface area contributed by atoms with Crippen LogP contribution in [0, 0.1) is 0 Å². The van der Waals surface area contributed by atoms with Crippen molar-refractivity contribution in [3.63, 3.8) is 0 Å². The highest BCUT2D eigenvalue weighted by molar-refractivity contribution is 6.51. The van der Waals surface area contributed by atoms with Crippen molar-refractivity contribution in [3.8, 4) is 5.75 Å². The van der Waals surface area contributed by atoms with E-state index in [1.54, 1.807) is 60.7 Å². The van der Waals surface area contributed by atoms with Crippen molar-refractivity contribution in [1.82, 2.24) is 0 Å². The number of anilines is 1. The number of amides is 1. The monoisotopic (exact) mass is 493 g/mol. The quantitative estimate of drug-likeness (QED) is 0.220. The van der Waals surface area contributed by atoms with Crippen LogP contribution in [-0.4, -0.2) is 35.0 Å². The Labute approximate surface area is 212 Å². The molecule has 0 spiro atoms. The fourth-order valence-electron chi connectivity index (χ4n) is 4.75. The number of benzene rings is 4. The minimum absolute atomic E-state index is 0.0378. The Balaban J connectivity index is 1.72. The Morgan fingerprint density at radius 3 is 2.32 bits per heavy atom. The van der Waals surface area contributed by atoms with E-state index in [2.05, 4.69) is 0 Å². The van der Waals surface area contributed by atoms with Crippen LogP contribution >= 0.6 is 0 Å². The van der Waals surface area contributed by atoms with Gasteiger partial charge < -0.3 is 14.9 Å². The van der Waals surface area contributed by atoms with Gasteiger partial charge in [0.25, 0.3) is 11.7 Å². The maximum absolute atomic E-state index is 13.5. The zero-order chi connectivity index (χ0) is 26.1. The van der Waals surface area contributed by atoms with Crippen molar-refractivity contribution in [1.29, 1.82) is 0 Å². The zero-order valence-electron chi connectivity index (χ0n) is 19.9. The molecular formula is C30H23NO6. The summed E-state index contributed by atoms with van der Waals surface area (Å²) >= 11 is 0. The van der Waals surface area contributed by atoms with Crippen LogP contribution in [0.1, 0.15) is 22.7 Å². The van der Waals surface area contributed by atoms with Gasteiger partial charge in [0.2, 0.25) is 0 Å². The summed E-state index contributed by atoms with van der Waals surface area (Å²) in [7, 11) is 1.52. The number of aliphatic hydroxyl groups is 1. The molecule has 1 aliphatic rings. The molecule has 0 bridgehead atoms. The summed E-state index contributed by atoms with van der Waals surface area (Å²) in [4.78, 5) is 39.3. The highest BCUT2D eigenvalue weighted by atomic mass is 16.5. The molecule has 5 rings (SSSR count). The molecule has 1 saturated heterocycles. The fraction of sp³-hybridized carbons (Fsp3) is 0.100. The van der Waals surface area contributed by atoms with Gasteiger partial charge in [0.15, 0.2) is 0 Å². The standard InChI is InChI=1S/C30H23NO6/c1-37-22-9-4-8-20(17-22)27-26(28(34)24-11-5-7-19-6-2-3-10-23(19)24)29(35)30(36)31(27)21-14-12-18(13-15-21)16-25(32)33/h2-15,17,27,34H,16H2,1H3,(H,32,33)/b28-26-. The molecule has 0 aliphatic carbocycles. The van der Waals surface area contributed by atoms with Crippen molar-refractivity contribution in [3.05, 3.63) is 113 Å². The molecule has 1 atom stereocenters. The summed E-state index contributed by atoms with van der Waals surface area (Å²) in [5.41, 5.74) is 1.95. The Hall–Kier alpha value is -4.91. The average Bonchev–Trinajstić information content (AvgIpc) is 3.18. The molecule has 0 radical (unpaired) electrons. The normalized spacial score (nSPS) is 16.8. The Morgan fingerprint density at radius 2 is 1.59 bits per heavy atom. The van der Waals surface area contributed by atoms with E-state index in [1.807, 2.05) is 30.3 Å². The van der Waals surface area contributed by atoms with Gasteiger partial charge in [-0.05, 0) is 46.2 Å². The lowest BCUT2D eigenvalue weighted by Gasteiger charge is -2.26. The number of methoxy groups -OCH3 is 1. The second kappa shape index (κ2) is 9.62. The number of carbonyl (C=O) groups is 3. The molecule has 1 amide bonds. The summed E-state index contributed by atoms with van der Waals surface area (Å²) in [6, 6.07) is 25.4. The van der Waals surface area contributed by atoms with E-state index in [1.165, 1.54) is 12.0 Å². The van der Waals surface area contributed by atoms with Gasteiger partial charge in [-0.15, -0.1) is 0 Å². The summed E-state index contributed by atoms with van der Waals surface area (Å²) < 4.78 is 5.38. The van der Waals surface area contributed by atoms with Crippen molar-refractivity contribution >= 4 is 39.9 Å². The molecule has 4 aromatic carbocycles. The van der Waals surface area contributed by atoms with Gasteiger partial charge in [0, 0.05) is 11.3 Å². The molecule has 4 aromatic rings. The van der Waals surface area contributed by atoms with Crippen LogP contribution in [-0.2, 0) is 20.8 Å². The van der Waals surface area contributed by atoms with Crippen LogP contribution < -0.4 is 9.64 Å². The number of aliphatic carboxylic acids is 1. The molecule has 7 nitrogen and oxygen atoms in total. The van der Waals surface area contributed by atoms with Crippen LogP contribution in [0.2, 0.25) is 0 Å². The summed E-state index contributed by atoms with van der Waals surface area (Å²) in [6.07, 6.45) is -0.167. The topological polar surface area (TPSA) is 104 Å². The van der Waals surface area contributed by atoms with Crippen molar-refractivity contribution in [2.24, 2.45) is 0 Å². The van der Waals surface area contributed by atoms with Crippen molar-refractivity contribution in [2.75, 3.05) is 12.0 Å². The summed E-state index contributed by atoms with van der Waals surface area (Å²) in [5.74, 6) is -2.31. The van der Waals surface area contributed by atoms with Gasteiger partial charge in [-0.25, -0.2) is 0 Å². The molecular weight excluding hydrogens is 470 g/mol. The number of carboxylic acids is 1. The van der Waals surface area contributed by atoms with E-state index < -0.39 is 23.7 Å². The van der Waals surface area contributed by atoms with Crippen molar-refractivity contribution < 1.29 is 29.3 Å². The molecule has 1 unspecified atom stereocenters. The number of ether oxygens (including phenoxy) is 1. The first-order chi connectivity index (χ1) is 17.9. The lowest BCUT2D eigenvalue weighted by molar-refractivity contribution is -0.136. The Bertz CT molecular complexity index is 1570. The Morgan fingerprint density at radius 1 is 0.892 bits per heavy atom. The van der Waals surface area contributed by atoms with E-state index in [4.69, 9.17) is 9.84 Å². The molecule has 7 heteroatoms. The second-order valence-electron chi connectivity index (χ2n) is 8.71. The second-order valence-corrected chi connectivity index (χ2v) is 8.71. The summed E-state index contributed by atoms with van der Waals surface area (Å²) in [6.45, 7) is 0. The number of ketones is 1. The van der Waals surface area contributed by atoms with Gasteiger partial charge in [-0.3, -0.25) is 19.3 Å². The van der Waals surface area contributed by atoms with Crippen LogP contribution in [0.4, 0.5) is 5.69 Å². The number of hydrogen-bond donors (Lipinski definition) is 2. The fourth-order valence-corrected chi connectivity index (χ4v) is 4.75. The number of Topliss-reactive ketones (excluding diaryl/α,β-unsaturated/α-hetero) is 1. The molecule has 0 saturated carbocycles. The molecule has 2 N–H and O–H groups in total. The van der Waals surface area contributed by atoms with E-state index in [-0.39, 0.29) is 17.8 Å². The number of rotatable bonds is 6. The lowest BCUT2D eigenvalue weighted by Crippen LogP contribution is -2.29. The zero-order valence-corrected chi connectivity index (χ0v) is 19.9. The largest absolute Gasteiger partial charge is 0.507 e. The average molecular weight is 494 g/mol. The number of aliphatic hydroxyl groups excluding tert-OH is 1. The smallest absolute Gasteiger partial charge is 0.307 e. The van der Waals surface area contributed by atoms with E-state index >= 15 is 0 Å². The molecule has 1 heterocycles. The van der Waals surface area contributed by atoms with Crippen LogP contribution in [0.3, 0.4) is 0 Å². The van der Waals surface area contributed by atoms with Crippen LogP contribution in [0.15, 0.2) is 96.6 Å². The maximum atomic E-state index is 13.5. The predicted molar refractivity (Wildman–Crippen MR) is 140 cm³/mol. The van der Waals surface area contributed by atoms with Crippen LogP contribution in [0.5, 0.6) is 5.75 Å². The lowest BCUT2D eigenvalue weighted by atomic mass is 9.93. The highest BCUT2D eigenvalue weighted by Gasteiger charge is 2.47. The van der Waals surface area contributed by atoms with Gasteiger partial charge in [0.05, 0.1) is 25.1 Å². The number of fused-ring (bicyclic) bond motifs is 1. The molecule has 0 aromatic heterocycles. The third-order valence-corrected chi connectivity index (χ3v) is 6.47. The summed E-state index contributed by atoms with van der Waals surface area (Å²) in [5, 5.41) is 22.3. The van der Waals surface area contributed by atoms with E-state index in [0.29, 0.717) is 28.1 Å². The first-order valence-electron chi connectivity index (χ1n) is 11.6. The molecule has 37 heavy (non-hydrogen) atoms. The van der Waals surface area contributed by atoms with E-state index in [0.717, 1.165) is 10.8 Å². The van der Waals surface area contributed by atoms with E-state index in [9.17, 15) is 19.5 Å². The van der Waals surface area contributed by atoms with Gasteiger partial charge in [0.1, 0.15) is 11.5 Å². The predicted octanol–water partition coefficient (Wildman–Crippen LogP) is 5.10. The third-order valence-electron chi connectivity index (χ3n) is 6.47. The van der Waals surface area contributed by atoms with Crippen molar-refractivity contribution in [2.45, 2.75) is 12.5 Å². The molecule has 1 aliphatic heterocycles. The highest BCUT2D eigenvalue weighted by Crippen LogP contribution is 2.43. The van der Waals surface area contributed by atoms with Gasteiger partial charge >= 0.3 is 5.97 Å². The van der Waals surface area contributed by atoms with Crippen LogP contribution in [0.25, 0.3) is 16.5 Å². The minimum Gasteiger partial charge on any atom is -0.507 e. The first-order valence-corrected chi connectivity index (χ1v) is 11.6. The minimum atomic E-state index is -0.973. The number of carboxylic acid groups (broad SMARTS) is 1. The molecule has 184 valence electrons. The number of nitrogens with zero attached hydrogens (tertiary/aromatic N) is 1. The molecule has 1 fully saturated rings. The SMILES string of the molecule is COc1cccc(C2/C(=C(/O)c3cccc4ccccc34)C(=O)C(=O)N2c2ccc(CC(=O)O)cc2)c1. The number of hydrogen-bond acceptors (Lipinski definition) is 5. The van der Waals surface area contributed by atoms with Gasteiger partial charge in [-0.1, -0.05) is 66.7 Å². The number of carbonyl (C=O) groups excluding carboxylic acids is 2. The first kappa shape index (κ1) is 23.8. The Kier molecular flexibility index (Phi) is 6.19. The van der Waals surface area contributed by atoms with Gasteiger partial charge in [-0.2, -0.15) is 0 Å². The third kappa shape index (κ3) is 4.31.